The Morgan fingerprint density at radius 1 is 1.33 bits per heavy atom. The average Bonchev–Trinajstić information content (AvgIpc) is 3.04. The third-order valence-electron chi connectivity index (χ3n) is 3.67. The molecule has 0 aliphatic carbocycles. The summed E-state index contributed by atoms with van der Waals surface area (Å²) >= 11 is 0. The molecule has 0 saturated carbocycles. The van der Waals surface area contributed by atoms with Crippen LogP contribution in [-0.2, 0) is 20.7 Å². The lowest BCUT2D eigenvalue weighted by atomic mass is 10.2. The van der Waals surface area contributed by atoms with E-state index in [1.54, 1.807) is 0 Å². The lowest BCUT2D eigenvalue weighted by molar-refractivity contribution is -0.159. The predicted octanol–water partition coefficient (Wildman–Crippen LogP) is 1.34. The van der Waals surface area contributed by atoms with Crippen molar-refractivity contribution in [3.8, 4) is 11.5 Å². The molecule has 0 radical (unpaired) electrons. The molecular formula is C16H15FN2O5. The summed E-state index contributed by atoms with van der Waals surface area (Å²) in [5.41, 5.74) is 1.03. The van der Waals surface area contributed by atoms with E-state index in [-0.39, 0.29) is 31.3 Å². The number of carboxylic acids is 1. The van der Waals surface area contributed by atoms with Crippen molar-refractivity contribution in [3.63, 3.8) is 0 Å². The Morgan fingerprint density at radius 3 is 2.79 bits per heavy atom. The number of aromatic nitrogens is 1. The van der Waals surface area contributed by atoms with E-state index >= 15 is 0 Å². The molecule has 1 saturated heterocycles. The van der Waals surface area contributed by atoms with Crippen LogP contribution in [0, 0.1) is 5.82 Å². The van der Waals surface area contributed by atoms with Gasteiger partial charge in [-0.1, -0.05) is 0 Å². The quantitative estimate of drug-likeness (QED) is 0.907. The summed E-state index contributed by atoms with van der Waals surface area (Å²) in [5, 5.41) is 8.96. The molecule has 1 amide bonds. The lowest BCUT2D eigenvalue weighted by Crippen LogP contribution is -2.49. The van der Waals surface area contributed by atoms with Crippen LogP contribution in [0.5, 0.6) is 0 Å². The topological polar surface area (TPSA) is 92.9 Å². The van der Waals surface area contributed by atoms with E-state index in [1.807, 2.05) is 0 Å². The molecule has 1 aromatic carbocycles. The molecule has 7 nitrogen and oxygen atoms in total. The molecule has 8 heteroatoms. The Bertz CT molecular complexity index is 743. The number of carbonyl (C=O) groups is 2. The predicted molar refractivity (Wildman–Crippen MR) is 79.6 cm³/mol. The molecule has 3 rings (SSSR count). The smallest absolute Gasteiger partial charge is 0.334 e. The van der Waals surface area contributed by atoms with Gasteiger partial charge in [-0.15, -0.1) is 0 Å². The van der Waals surface area contributed by atoms with E-state index in [1.165, 1.54) is 35.4 Å². The van der Waals surface area contributed by atoms with Crippen LogP contribution in [0.2, 0.25) is 0 Å². The fraction of sp³-hybridized carbons (Fsp3) is 0.312. The highest BCUT2D eigenvalue weighted by Crippen LogP contribution is 2.19. The van der Waals surface area contributed by atoms with Crippen molar-refractivity contribution in [1.82, 2.24) is 9.88 Å². The molecule has 24 heavy (non-hydrogen) atoms. The Kier molecular flexibility index (Phi) is 4.57. The van der Waals surface area contributed by atoms with Crippen molar-refractivity contribution < 1.29 is 28.2 Å². The third kappa shape index (κ3) is 3.60. The molecule has 0 unspecified atom stereocenters. The van der Waals surface area contributed by atoms with Crippen LogP contribution in [-0.4, -0.2) is 52.7 Å². The number of halogens is 1. The van der Waals surface area contributed by atoms with Crippen LogP contribution in [0.25, 0.3) is 11.5 Å². The van der Waals surface area contributed by atoms with Crippen molar-refractivity contribution >= 4 is 11.9 Å². The van der Waals surface area contributed by atoms with Gasteiger partial charge >= 0.3 is 5.97 Å². The lowest BCUT2D eigenvalue weighted by Gasteiger charge is -2.30. The molecular weight excluding hydrogens is 319 g/mol. The molecule has 1 aliphatic heterocycles. The zero-order valence-corrected chi connectivity index (χ0v) is 12.6. The highest BCUT2D eigenvalue weighted by atomic mass is 19.1. The molecule has 1 aliphatic rings. The first-order valence-electron chi connectivity index (χ1n) is 7.35. The van der Waals surface area contributed by atoms with Crippen LogP contribution in [0.15, 0.2) is 34.9 Å². The second-order valence-electron chi connectivity index (χ2n) is 5.37. The summed E-state index contributed by atoms with van der Waals surface area (Å²) < 4.78 is 23.3. The fourth-order valence-corrected chi connectivity index (χ4v) is 2.41. The van der Waals surface area contributed by atoms with E-state index < -0.39 is 12.1 Å². The highest BCUT2D eigenvalue weighted by Gasteiger charge is 2.29. The largest absolute Gasteiger partial charge is 0.479 e. The number of ether oxygens (including phenoxy) is 1. The van der Waals surface area contributed by atoms with Gasteiger partial charge in [-0.05, 0) is 24.3 Å². The van der Waals surface area contributed by atoms with Crippen molar-refractivity contribution in [2.24, 2.45) is 0 Å². The number of carbonyl (C=O) groups excluding carboxylic acids is 1. The minimum absolute atomic E-state index is 0.00294. The van der Waals surface area contributed by atoms with E-state index in [2.05, 4.69) is 4.98 Å². The molecule has 0 bridgehead atoms. The van der Waals surface area contributed by atoms with Crippen molar-refractivity contribution in [1.29, 1.82) is 0 Å². The standard InChI is InChI=1S/C16H15FN2O5/c17-11-3-1-10(2-4-11)15-18-12(9-24-15)7-14(20)19-5-6-23-13(8-19)16(21)22/h1-4,9,13H,5-8H2,(H,21,22)/t13-/m1/s1. The van der Waals surface area contributed by atoms with Gasteiger partial charge in [0, 0.05) is 12.1 Å². The van der Waals surface area contributed by atoms with Crippen LogP contribution in [0.1, 0.15) is 5.69 Å². The molecule has 0 spiro atoms. The van der Waals surface area contributed by atoms with Crippen LogP contribution in [0.4, 0.5) is 4.39 Å². The van der Waals surface area contributed by atoms with Gasteiger partial charge in [-0.3, -0.25) is 4.79 Å². The monoisotopic (exact) mass is 334 g/mol. The first-order chi connectivity index (χ1) is 11.5. The Balaban J connectivity index is 1.65. The normalized spacial score (nSPS) is 17.7. The summed E-state index contributed by atoms with van der Waals surface area (Å²) in [6, 6.07) is 5.66. The zero-order valence-electron chi connectivity index (χ0n) is 12.6. The van der Waals surface area contributed by atoms with E-state index in [0.29, 0.717) is 23.7 Å². The first kappa shape index (κ1) is 16.1. The average molecular weight is 334 g/mol. The molecule has 2 aromatic rings. The number of rotatable bonds is 4. The van der Waals surface area contributed by atoms with E-state index in [4.69, 9.17) is 14.3 Å². The van der Waals surface area contributed by atoms with Gasteiger partial charge in [-0.25, -0.2) is 14.2 Å². The minimum Gasteiger partial charge on any atom is -0.479 e. The second-order valence-corrected chi connectivity index (χ2v) is 5.37. The maximum atomic E-state index is 12.9. The van der Waals surface area contributed by atoms with Crippen molar-refractivity contribution in [2.75, 3.05) is 19.7 Å². The Morgan fingerprint density at radius 2 is 2.08 bits per heavy atom. The molecule has 1 aromatic heterocycles. The number of nitrogens with zero attached hydrogens (tertiary/aromatic N) is 2. The zero-order chi connectivity index (χ0) is 17.1. The van der Waals surface area contributed by atoms with E-state index in [0.717, 1.165) is 0 Å². The minimum atomic E-state index is -1.09. The van der Waals surface area contributed by atoms with E-state index in [9.17, 15) is 14.0 Å². The van der Waals surface area contributed by atoms with Crippen LogP contribution in [0.3, 0.4) is 0 Å². The second kappa shape index (κ2) is 6.79. The summed E-state index contributed by atoms with van der Waals surface area (Å²) in [6.45, 7) is 0.532. The number of oxazole rings is 1. The molecule has 1 fully saturated rings. The number of morpholine rings is 1. The van der Waals surface area contributed by atoms with Gasteiger partial charge in [0.1, 0.15) is 12.1 Å². The number of hydrogen-bond acceptors (Lipinski definition) is 5. The Labute approximate surface area is 136 Å². The summed E-state index contributed by atoms with van der Waals surface area (Å²) in [6.07, 6.45) is 0.359. The molecule has 1 atom stereocenters. The first-order valence-corrected chi connectivity index (χ1v) is 7.35. The van der Waals surface area contributed by atoms with Crippen molar-refractivity contribution in [2.45, 2.75) is 12.5 Å². The number of benzene rings is 1. The van der Waals surface area contributed by atoms with Crippen molar-refractivity contribution in [3.05, 3.63) is 42.0 Å². The summed E-state index contributed by atoms with van der Waals surface area (Å²) in [7, 11) is 0. The van der Waals surface area contributed by atoms with Crippen LogP contribution < -0.4 is 0 Å². The maximum absolute atomic E-state index is 12.9. The third-order valence-corrected chi connectivity index (χ3v) is 3.67. The molecule has 2 heterocycles. The van der Waals surface area contributed by atoms with Gasteiger partial charge in [0.15, 0.2) is 6.10 Å². The SMILES string of the molecule is O=C(O)[C@H]1CN(C(=O)Cc2coc(-c3ccc(F)cc3)n2)CCO1. The number of aliphatic carboxylic acids is 1. The van der Waals surface area contributed by atoms with Gasteiger partial charge in [0.05, 0.1) is 25.3 Å². The molecule has 1 N–H and O–H groups in total. The highest BCUT2D eigenvalue weighted by molar-refractivity contribution is 5.80. The van der Waals surface area contributed by atoms with Gasteiger partial charge in [0.25, 0.3) is 0 Å². The van der Waals surface area contributed by atoms with Gasteiger partial charge in [-0.2, -0.15) is 0 Å². The Hall–Kier alpha value is -2.74. The number of carboxylic acid groups (broad SMARTS) is 1. The summed E-state index contributed by atoms with van der Waals surface area (Å²) in [5.74, 6) is -1.40. The maximum Gasteiger partial charge on any atom is 0.334 e. The fourth-order valence-electron chi connectivity index (χ4n) is 2.41. The van der Waals surface area contributed by atoms with Crippen LogP contribution >= 0.6 is 0 Å². The molecule has 126 valence electrons. The summed E-state index contributed by atoms with van der Waals surface area (Å²) in [4.78, 5) is 28.9. The number of hydrogen-bond donors (Lipinski definition) is 1. The van der Waals surface area contributed by atoms with Gasteiger partial charge < -0.3 is 19.2 Å². The number of amides is 1. The van der Waals surface area contributed by atoms with Gasteiger partial charge in [0.2, 0.25) is 11.8 Å².